The summed E-state index contributed by atoms with van der Waals surface area (Å²) in [4.78, 5) is 11.5. The minimum Gasteiger partial charge on any atom is -0.322 e. The van der Waals surface area contributed by atoms with E-state index < -0.39 is 0 Å². The molecular weight excluding hydrogens is 204 g/mol. The second kappa shape index (κ2) is 5.93. The Bertz CT molecular complexity index is 403. The van der Waals surface area contributed by atoms with E-state index in [1.54, 1.807) is 10.9 Å². The van der Waals surface area contributed by atoms with E-state index in [4.69, 9.17) is 6.42 Å². The van der Waals surface area contributed by atoms with Crippen LogP contribution in [0, 0.1) is 12.3 Å². The van der Waals surface area contributed by atoms with Gasteiger partial charge in [0.05, 0.1) is 24.5 Å². The average Bonchev–Trinajstić information content (AvgIpc) is 2.59. The fourth-order valence-electron chi connectivity index (χ4n) is 1.34. The van der Waals surface area contributed by atoms with E-state index in [-0.39, 0.29) is 12.5 Å². The first-order valence-electron chi connectivity index (χ1n) is 5.14. The topological polar surface area (TPSA) is 59.0 Å². The molecule has 2 N–H and O–H groups in total. The number of aromatic nitrogens is 2. The summed E-state index contributed by atoms with van der Waals surface area (Å²) in [5.74, 6) is 2.29. The SMILES string of the molecule is C#CCNCC(=O)Nc1cn(C)nc1CC. The highest BCUT2D eigenvalue weighted by Crippen LogP contribution is 2.12. The second-order valence-electron chi connectivity index (χ2n) is 3.37. The molecule has 1 amide bonds. The molecule has 16 heavy (non-hydrogen) atoms. The molecular formula is C11H16N4O. The molecule has 0 saturated heterocycles. The summed E-state index contributed by atoms with van der Waals surface area (Å²) in [5.41, 5.74) is 1.64. The van der Waals surface area contributed by atoms with Crippen molar-refractivity contribution in [1.29, 1.82) is 0 Å². The zero-order valence-electron chi connectivity index (χ0n) is 9.58. The standard InChI is InChI=1S/C11H16N4O/c1-4-6-12-7-11(16)13-10-8-15(3)14-9(10)5-2/h1,8,12H,5-7H2,2-3H3,(H,13,16). The Morgan fingerprint density at radius 3 is 3.06 bits per heavy atom. The highest BCUT2D eigenvalue weighted by molar-refractivity contribution is 5.92. The van der Waals surface area contributed by atoms with Gasteiger partial charge in [0.15, 0.2) is 0 Å². The molecule has 0 saturated carbocycles. The largest absolute Gasteiger partial charge is 0.322 e. The Kier molecular flexibility index (Phi) is 4.55. The Labute approximate surface area is 95.2 Å². The third-order valence-electron chi connectivity index (χ3n) is 2.03. The van der Waals surface area contributed by atoms with Crippen molar-refractivity contribution in [2.24, 2.45) is 7.05 Å². The van der Waals surface area contributed by atoms with Crippen LogP contribution in [0.25, 0.3) is 0 Å². The number of aryl methyl sites for hydroxylation is 2. The van der Waals surface area contributed by atoms with Crippen molar-refractivity contribution in [1.82, 2.24) is 15.1 Å². The molecule has 5 nitrogen and oxygen atoms in total. The number of nitrogens with zero attached hydrogens (tertiary/aromatic N) is 2. The second-order valence-corrected chi connectivity index (χ2v) is 3.37. The van der Waals surface area contributed by atoms with Gasteiger partial charge in [-0.15, -0.1) is 6.42 Å². The fraction of sp³-hybridized carbons (Fsp3) is 0.455. The van der Waals surface area contributed by atoms with E-state index in [9.17, 15) is 4.79 Å². The van der Waals surface area contributed by atoms with Crippen LogP contribution in [0.2, 0.25) is 0 Å². The minimum absolute atomic E-state index is 0.113. The lowest BCUT2D eigenvalue weighted by Crippen LogP contribution is -2.28. The number of carbonyl (C=O) groups is 1. The third kappa shape index (κ3) is 3.41. The van der Waals surface area contributed by atoms with Gasteiger partial charge in [-0.25, -0.2) is 0 Å². The van der Waals surface area contributed by atoms with Gasteiger partial charge in [-0.05, 0) is 6.42 Å². The molecule has 86 valence electrons. The van der Waals surface area contributed by atoms with Crippen molar-refractivity contribution < 1.29 is 4.79 Å². The summed E-state index contributed by atoms with van der Waals surface area (Å²) in [6.07, 6.45) is 7.63. The van der Waals surface area contributed by atoms with Crippen LogP contribution in [0.1, 0.15) is 12.6 Å². The molecule has 0 atom stereocenters. The molecule has 1 aromatic heterocycles. The Hall–Kier alpha value is -1.80. The summed E-state index contributed by atoms with van der Waals surface area (Å²) in [6.45, 7) is 2.60. The summed E-state index contributed by atoms with van der Waals surface area (Å²) >= 11 is 0. The zero-order valence-corrected chi connectivity index (χ0v) is 9.58. The fourth-order valence-corrected chi connectivity index (χ4v) is 1.34. The predicted molar refractivity (Wildman–Crippen MR) is 62.9 cm³/mol. The first-order chi connectivity index (χ1) is 7.67. The zero-order chi connectivity index (χ0) is 12.0. The minimum atomic E-state index is -0.113. The maximum Gasteiger partial charge on any atom is 0.238 e. The predicted octanol–water partition coefficient (Wildman–Crippen LogP) is 0.144. The smallest absolute Gasteiger partial charge is 0.238 e. The molecule has 1 heterocycles. The van der Waals surface area contributed by atoms with E-state index in [1.165, 1.54) is 0 Å². The summed E-state index contributed by atoms with van der Waals surface area (Å²) < 4.78 is 1.68. The lowest BCUT2D eigenvalue weighted by atomic mass is 10.3. The molecule has 5 heteroatoms. The van der Waals surface area contributed by atoms with Gasteiger partial charge < -0.3 is 5.32 Å². The van der Waals surface area contributed by atoms with Crippen LogP contribution in [-0.4, -0.2) is 28.8 Å². The molecule has 1 rings (SSSR count). The van der Waals surface area contributed by atoms with E-state index in [1.807, 2.05) is 14.0 Å². The molecule has 0 radical (unpaired) electrons. The molecule has 1 aromatic rings. The van der Waals surface area contributed by atoms with Crippen molar-refractivity contribution in [3.63, 3.8) is 0 Å². The molecule has 0 aliphatic carbocycles. The van der Waals surface area contributed by atoms with Crippen LogP contribution in [0.15, 0.2) is 6.20 Å². The van der Waals surface area contributed by atoms with Gasteiger partial charge in [0, 0.05) is 13.2 Å². The van der Waals surface area contributed by atoms with E-state index >= 15 is 0 Å². The van der Waals surface area contributed by atoms with Crippen LogP contribution < -0.4 is 10.6 Å². The summed E-state index contributed by atoms with van der Waals surface area (Å²) in [5, 5.41) is 9.84. The Morgan fingerprint density at radius 1 is 1.69 bits per heavy atom. The van der Waals surface area contributed by atoms with Gasteiger partial charge >= 0.3 is 0 Å². The number of hydrogen-bond acceptors (Lipinski definition) is 3. The van der Waals surface area contributed by atoms with Crippen molar-refractivity contribution in [3.05, 3.63) is 11.9 Å². The van der Waals surface area contributed by atoms with Gasteiger partial charge in [-0.2, -0.15) is 5.10 Å². The lowest BCUT2D eigenvalue weighted by Gasteiger charge is -2.03. The number of anilines is 1. The Morgan fingerprint density at radius 2 is 2.44 bits per heavy atom. The van der Waals surface area contributed by atoms with Crippen molar-refractivity contribution in [3.8, 4) is 12.3 Å². The number of hydrogen-bond donors (Lipinski definition) is 2. The molecule has 0 bridgehead atoms. The maximum atomic E-state index is 11.5. The molecule has 0 fully saturated rings. The van der Waals surface area contributed by atoms with Gasteiger partial charge in [-0.3, -0.25) is 14.8 Å². The number of nitrogens with one attached hydrogen (secondary N) is 2. The molecule has 0 aliphatic rings. The molecule has 0 spiro atoms. The highest BCUT2D eigenvalue weighted by atomic mass is 16.1. The third-order valence-corrected chi connectivity index (χ3v) is 2.03. The number of amides is 1. The maximum absolute atomic E-state index is 11.5. The van der Waals surface area contributed by atoms with Crippen LogP contribution in [0.5, 0.6) is 0 Å². The number of carbonyl (C=O) groups excluding carboxylic acids is 1. The quantitative estimate of drug-likeness (QED) is 0.548. The molecule has 0 aliphatic heterocycles. The van der Waals surface area contributed by atoms with E-state index in [0.29, 0.717) is 6.54 Å². The van der Waals surface area contributed by atoms with Crippen molar-refractivity contribution in [2.75, 3.05) is 18.4 Å². The monoisotopic (exact) mass is 220 g/mol. The van der Waals surface area contributed by atoms with Crippen LogP contribution in [0.3, 0.4) is 0 Å². The first kappa shape index (κ1) is 12.3. The lowest BCUT2D eigenvalue weighted by molar-refractivity contribution is -0.115. The number of terminal acetylenes is 1. The summed E-state index contributed by atoms with van der Waals surface area (Å²) in [7, 11) is 1.82. The number of rotatable bonds is 5. The molecule has 0 unspecified atom stereocenters. The van der Waals surface area contributed by atoms with Gasteiger partial charge in [0.2, 0.25) is 5.91 Å². The normalized spacial score (nSPS) is 9.81. The average molecular weight is 220 g/mol. The van der Waals surface area contributed by atoms with Gasteiger partial charge in [-0.1, -0.05) is 12.8 Å². The van der Waals surface area contributed by atoms with Gasteiger partial charge in [0.1, 0.15) is 0 Å². The van der Waals surface area contributed by atoms with Crippen molar-refractivity contribution >= 4 is 11.6 Å². The highest BCUT2D eigenvalue weighted by Gasteiger charge is 2.08. The van der Waals surface area contributed by atoms with Crippen molar-refractivity contribution in [2.45, 2.75) is 13.3 Å². The Balaban J connectivity index is 2.52. The van der Waals surface area contributed by atoms with E-state index in [0.717, 1.165) is 17.8 Å². The van der Waals surface area contributed by atoms with E-state index in [2.05, 4.69) is 21.7 Å². The van der Waals surface area contributed by atoms with Crippen LogP contribution in [0.4, 0.5) is 5.69 Å². The van der Waals surface area contributed by atoms with Crippen LogP contribution in [-0.2, 0) is 18.3 Å². The summed E-state index contributed by atoms with van der Waals surface area (Å²) in [6, 6.07) is 0. The first-order valence-corrected chi connectivity index (χ1v) is 5.14. The van der Waals surface area contributed by atoms with Crippen LogP contribution >= 0.6 is 0 Å². The van der Waals surface area contributed by atoms with Gasteiger partial charge in [0.25, 0.3) is 0 Å². The molecule has 0 aromatic carbocycles.